The van der Waals surface area contributed by atoms with Crippen LogP contribution in [-0.2, 0) is 22.4 Å². The maximum atomic E-state index is 13.3. The molecule has 160 valence electrons. The molecule has 0 spiro atoms. The van der Waals surface area contributed by atoms with Crippen LogP contribution in [0.1, 0.15) is 50.2 Å². The third-order valence-corrected chi connectivity index (χ3v) is 6.05. The highest BCUT2D eigenvalue weighted by molar-refractivity contribution is 6.30. The Balaban J connectivity index is 1.75. The first kappa shape index (κ1) is 22.4. The molecule has 2 aromatic rings. The molecule has 1 aliphatic carbocycles. The average Bonchev–Trinajstić information content (AvgIpc) is 3.24. The number of rotatable bonds is 9. The Bertz CT molecular complexity index is 834. The fraction of sp³-hybridized carbons (Fsp3) is 0.440. The van der Waals surface area contributed by atoms with Gasteiger partial charge in [0.05, 0.1) is 6.42 Å². The van der Waals surface area contributed by atoms with Crippen molar-refractivity contribution in [1.82, 2.24) is 10.2 Å². The summed E-state index contributed by atoms with van der Waals surface area (Å²) in [7, 11) is 0. The third kappa shape index (κ3) is 6.33. The summed E-state index contributed by atoms with van der Waals surface area (Å²) in [6.45, 7) is 2.49. The van der Waals surface area contributed by atoms with Crippen molar-refractivity contribution in [2.75, 3.05) is 6.54 Å². The number of carbonyl (C=O) groups is 2. The van der Waals surface area contributed by atoms with Gasteiger partial charge in [0, 0.05) is 17.6 Å². The van der Waals surface area contributed by atoms with Crippen molar-refractivity contribution in [3.05, 3.63) is 70.7 Å². The summed E-state index contributed by atoms with van der Waals surface area (Å²) in [6.07, 6.45) is 5.93. The second-order valence-electron chi connectivity index (χ2n) is 8.04. The lowest BCUT2D eigenvalue weighted by molar-refractivity contribution is -0.140. The zero-order valence-electron chi connectivity index (χ0n) is 17.6. The van der Waals surface area contributed by atoms with E-state index in [0.717, 1.165) is 43.2 Å². The highest BCUT2D eigenvalue weighted by atomic mass is 35.5. The van der Waals surface area contributed by atoms with Crippen LogP contribution in [0.2, 0.25) is 5.02 Å². The minimum atomic E-state index is -0.457. The van der Waals surface area contributed by atoms with Crippen molar-refractivity contribution >= 4 is 23.4 Å². The van der Waals surface area contributed by atoms with E-state index in [9.17, 15) is 9.59 Å². The van der Waals surface area contributed by atoms with Crippen molar-refractivity contribution in [1.29, 1.82) is 0 Å². The van der Waals surface area contributed by atoms with Gasteiger partial charge in [-0.1, -0.05) is 73.8 Å². The predicted octanol–water partition coefficient (Wildman–Crippen LogP) is 4.79. The largest absolute Gasteiger partial charge is 0.352 e. The molecule has 1 atom stereocenters. The van der Waals surface area contributed by atoms with Crippen LogP contribution >= 0.6 is 11.6 Å². The normalized spacial score (nSPS) is 15.0. The minimum Gasteiger partial charge on any atom is -0.352 e. The first-order valence-electron chi connectivity index (χ1n) is 10.9. The Hall–Kier alpha value is -2.33. The standard InChI is InChI=1S/C25H31ClN2O2/c1-2-23(25(30)27-22-13-6-7-14-22)28(16-15-19-9-4-3-5-10-19)24(29)18-20-11-8-12-21(26)17-20/h3-5,8-12,17,22-23H,2,6-7,13-16,18H2,1H3,(H,27,30)/t23-/m0/s1. The van der Waals surface area contributed by atoms with Crippen LogP contribution in [-0.4, -0.2) is 35.3 Å². The lowest BCUT2D eigenvalue weighted by Crippen LogP contribution is -2.52. The molecule has 0 radical (unpaired) electrons. The maximum Gasteiger partial charge on any atom is 0.243 e. The van der Waals surface area contributed by atoms with Crippen LogP contribution in [0.25, 0.3) is 0 Å². The van der Waals surface area contributed by atoms with Crippen molar-refractivity contribution in [3.8, 4) is 0 Å². The molecule has 0 saturated heterocycles. The summed E-state index contributed by atoms with van der Waals surface area (Å²) in [5, 5.41) is 3.80. The maximum absolute atomic E-state index is 13.3. The van der Waals surface area contributed by atoms with Crippen LogP contribution in [0, 0.1) is 0 Å². The molecule has 0 bridgehead atoms. The average molecular weight is 427 g/mol. The highest BCUT2D eigenvalue weighted by Gasteiger charge is 2.30. The molecular weight excluding hydrogens is 396 g/mol. The quantitative estimate of drug-likeness (QED) is 0.626. The van der Waals surface area contributed by atoms with Gasteiger partial charge in [-0.25, -0.2) is 0 Å². The van der Waals surface area contributed by atoms with E-state index in [-0.39, 0.29) is 24.3 Å². The summed E-state index contributed by atoms with van der Waals surface area (Å²) >= 11 is 6.10. The Kier molecular flexibility index (Phi) is 8.32. The van der Waals surface area contributed by atoms with Gasteiger partial charge < -0.3 is 10.2 Å². The number of nitrogens with one attached hydrogen (secondary N) is 1. The molecule has 1 aliphatic rings. The molecule has 2 amide bonds. The molecule has 2 aromatic carbocycles. The van der Waals surface area contributed by atoms with Crippen LogP contribution < -0.4 is 5.32 Å². The van der Waals surface area contributed by atoms with Gasteiger partial charge in [0.25, 0.3) is 0 Å². The van der Waals surface area contributed by atoms with Crippen LogP contribution in [0.5, 0.6) is 0 Å². The molecule has 1 saturated carbocycles. The van der Waals surface area contributed by atoms with E-state index in [1.807, 2.05) is 43.3 Å². The summed E-state index contributed by atoms with van der Waals surface area (Å²) in [5.41, 5.74) is 2.02. The monoisotopic (exact) mass is 426 g/mol. The van der Waals surface area contributed by atoms with Gasteiger partial charge >= 0.3 is 0 Å². The number of hydrogen-bond donors (Lipinski definition) is 1. The molecular formula is C25H31ClN2O2. The smallest absolute Gasteiger partial charge is 0.243 e. The number of benzene rings is 2. The van der Waals surface area contributed by atoms with Crippen molar-refractivity contribution in [3.63, 3.8) is 0 Å². The first-order valence-corrected chi connectivity index (χ1v) is 11.3. The van der Waals surface area contributed by atoms with Crippen molar-refractivity contribution in [2.45, 2.75) is 64.0 Å². The van der Waals surface area contributed by atoms with Crippen molar-refractivity contribution in [2.24, 2.45) is 0 Å². The van der Waals surface area contributed by atoms with Gasteiger partial charge in [0.1, 0.15) is 6.04 Å². The zero-order valence-corrected chi connectivity index (χ0v) is 18.4. The van der Waals surface area contributed by atoms with E-state index < -0.39 is 6.04 Å². The van der Waals surface area contributed by atoms with E-state index in [1.165, 1.54) is 0 Å². The molecule has 30 heavy (non-hydrogen) atoms. The number of hydrogen-bond acceptors (Lipinski definition) is 2. The summed E-state index contributed by atoms with van der Waals surface area (Å²) in [4.78, 5) is 28.1. The summed E-state index contributed by atoms with van der Waals surface area (Å²) < 4.78 is 0. The minimum absolute atomic E-state index is 0.0306. The Morgan fingerprint density at radius 1 is 1.07 bits per heavy atom. The van der Waals surface area contributed by atoms with E-state index in [4.69, 9.17) is 11.6 Å². The second-order valence-corrected chi connectivity index (χ2v) is 8.48. The second kappa shape index (κ2) is 11.2. The third-order valence-electron chi connectivity index (χ3n) is 5.82. The Morgan fingerprint density at radius 3 is 2.43 bits per heavy atom. The first-order chi connectivity index (χ1) is 14.6. The van der Waals surface area contributed by atoms with Gasteiger partial charge in [-0.15, -0.1) is 0 Å². The fourth-order valence-corrected chi connectivity index (χ4v) is 4.40. The Morgan fingerprint density at radius 2 is 1.77 bits per heavy atom. The van der Waals surface area contributed by atoms with Gasteiger partial charge in [-0.3, -0.25) is 9.59 Å². The lowest BCUT2D eigenvalue weighted by Gasteiger charge is -2.31. The molecule has 3 rings (SSSR count). The van der Waals surface area contributed by atoms with Gasteiger partial charge in [-0.05, 0) is 48.9 Å². The molecule has 0 heterocycles. The molecule has 5 heteroatoms. The molecule has 0 aliphatic heterocycles. The van der Waals surface area contributed by atoms with E-state index >= 15 is 0 Å². The molecule has 4 nitrogen and oxygen atoms in total. The zero-order chi connectivity index (χ0) is 21.3. The number of amides is 2. The molecule has 1 N–H and O–H groups in total. The van der Waals surface area contributed by atoms with Gasteiger partial charge in [0.2, 0.25) is 11.8 Å². The topological polar surface area (TPSA) is 49.4 Å². The van der Waals surface area contributed by atoms with E-state index in [0.29, 0.717) is 18.0 Å². The Labute approximate surface area is 184 Å². The van der Waals surface area contributed by atoms with E-state index in [2.05, 4.69) is 17.4 Å². The molecule has 0 unspecified atom stereocenters. The van der Waals surface area contributed by atoms with Crippen LogP contribution in [0.3, 0.4) is 0 Å². The van der Waals surface area contributed by atoms with Gasteiger partial charge in [0.15, 0.2) is 0 Å². The van der Waals surface area contributed by atoms with Crippen molar-refractivity contribution < 1.29 is 9.59 Å². The fourth-order valence-electron chi connectivity index (χ4n) is 4.19. The summed E-state index contributed by atoms with van der Waals surface area (Å²) in [5.74, 6) is -0.0708. The molecule has 0 aromatic heterocycles. The van der Waals surface area contributed by atoms with Gasteiger partial charge in [-0.2, -0.15) is 0 Å². The SMILES string of the molecule is CC[C@@H](C(=O)NC1CCCC1)N(CCc1ccccc1)C(=O)Cc1cccc(Cl)c1. The van der Waals surface area contributed by atoms with E-state index in [1.54, 1.807) is 11.0 Å². The summed E-state index contributed by atoms with van der Waals surface area (Å²) in [6, 6.07) is 17.2. The predicted molar refractivity (Wildman–Crippen MR) is 121 cm³/mol. The number of nitrogens with zero attached hydrogens (tertiary/aromatic N) is 1. The van der Waals surface area contributed by atoms with Crippen LogP contribution in [0.4, 0.5) is 0 Å². The highest BCUT2D eigenvalue weighted by Crippen LogP contribution is 2.19. The number of halogens is 1. The van der Waals surface area contributed by atoms with Crippen LogP contribution in [0.15, 0.2) is 54.6 Å². The lowest BCUT2D eigenvalue weighted by atomic mass is 10.1. The number of carbonyl (C=O) groups excluding carboxylic acids is 2. The molecule has 1 fully saturated rings.